The number of carbonyl (C=O) groups is 1. The SMILES string of the molecule is CCCCCCCCCCCCCCCCCCCCCCCOCC(COP(=O)(O)OCC(O)CO)OC(=O)CCCCCCCCCCCCCCCCCC. The molecule has 0 amide bonds. The van der Waals surface area contributed by atoms with E-state index in [4.69, 9.17) is 23.6 Å². The Morgan fingerprint density at radius 1 is 0.466 bits per heavy atom. The molecule has 3 unspecified atom stereocenters. The highest BCUT2D eigenvalue weighted by atomic mass is 31.2. The second-order valence-electron chi connectivity index (χ2n) is 17.2. The minimum atomic E-state index is -4.51. The van der Waals surface area contributed by atoms with Crippen molar-refractivity contribution >= 4 is 13.8 Å². The molecule has 0 saturated carbocycles. The quantitative estimate of drug-likeness (QED) is 0.0311. The van der Waals surface area contributed by atoms with Gasteiger partial charge in [-0.25, -0.2) is 4.57 Å². The molecule has 0 aliphatic rings. The van der Waals surface area contributed by atoms with Crippen molar-refractivity contribution < 1.29 is 43.0 Å². The van der Waals surface area contributed by atoms with E-state index in [-0.39, 0.29) is 25.6 Å². The summed E-state index contributed by atoms with van der Waals surface area (Å²) in [7, 11) is -4.51. The topological polar surface area (TPSA) is 132 Å². The van der Waals surface area contributed by atoms with Gasteiger partial charge < -0.3 is 24.6 Å². The third kappa shape index (κ3) is 45.0. The molecule has 58 heavy (non-hydrogen) atoms. The Kier molecular flexibility index (Phi) is 45.5. The number of unbranched alkanes of at least 4 members (excludes halogenated alkanes) is 35. The predicted molar refractivity (Wildman–Crippen MR) is 242 cm³/mol. The monoisotopic (exact) mass is 849 g/mol. The molecule has 3 N–H and O–H groups in total. The van der Waals surface area contributed by atoms with Crippen molar-refractivity contribution in [1.29, 1.82) is 0 Å². The van der Waals surface area contributed by atoms with Crippen LogP contribution in [0, 0.1) is 0 Å². The zero-order valence-electron chi connectivity index (χ0n) is 38.3. The van der Waals surface area contributed by atoms with Gasteiger partial charge in [0, 0.05) is 13.0 Å². The molecule has 0 aliphatic heterocycles. The van der Waals surface area contributed by atoms with E-state index < -0.39 is 33.2 Å². The summed E-state index contributed by atoms with van der Waals surface area (Å²) in [5.74, 6) is -0.374. The molecular weight excluding hydrogens is 751 g/mol. The number of carbonyl (C=O) groups excluding carboxylic acids is 1. The number of esters is 1. The number of phosphoric ester groups is 1. The highest BCUT2D eigenvalue weighted by molar-refractivity contribution is 7.47. The van der Waals surface area contributed by atoms with Crippen molar-refractivity contribution in [2.75, 3.05) is 33.0 Å². The molecule has 0 bridgehead atoms. The molecule has 0 aromatic rings. The number of phosphoric acid groups is 1. The Balaban J connectivity index is 4.01. The van der Waals surface area contributed by atoms with Crippen LogP contribution in [0.25, 0.3) is 0 Å². The van der Waals surface area contributed by atoms with Crippen LogP contribution in [0.2, 0.25) is 0 Å². The third-order valence-corrected chi connectivity index (χ3v) is 12.2. The van der Waals surface area contributed by atoms with Crippen molar-refractivity contribution in [3.63, 3.8) is 0 Å². The van der Waals surface area contributed by atoms with Crippen molar-refractivity contribution in [2.45, 2.75) is 270 Å². The van der Waals surface area contributed by atoms with Gasteiger partial charge in [-0.1, -0.05) is 239 Å². The van der Waals surface area contributed by atoms with E-state index in [2.05, 4.69) is 13.8 Å². The molecule has 0 aliphatic carbocycles. The predicted octanol–water partition coefficient (Wildman–Crippen LogP) is 14.3. The lowest BCUT2D eigenvalue weighted by atomic mass is 10.0. The summed E-state index contributed by atoms with van der Waals surface area (Å²) in [6.07, 6.45) is 46.4. The van der Waals surface area contributed by atoms with Gasteiger partial charge in [-0.3, -0.25) is 13.8 Å². The Labute approximate surface area is 358 Å². The van der Waals surface area contributed by atoms with Crippen LogP contribution < -0.4 is 0 Å². The Morgan fingerprint density at radius 2 is 0.776 bits per heavy atom. The fraction of sp³-hybridized carbons (Fsp3) is 0.979. The van der Waals surface area contributed by atoms with Crippen molar-refractivity contribution in [2.24, 2.45) is 0 Å². The molecule has 10 heteroatoms. The van der Waals surface area contributed by atoms with Crippen molar-refractivity contribution in [1.82, 2.24) is 0 Å². The van der Waals surface area contributed by atoms with Crippen LogP contribution in [-0.2, 0) is 27.9 Å². The molecule has 0 fully saturated rings. The molecule has 9 nitrogen and oxygen atoms in total. The van der Waals surface area contributed by atoms with E-state index in [0.29, 0.717) is 6.61 Å². The van der Waals surface area contributed by atoms with Crippen molar-refractivity contribution in [3.8, 4) is 0 Å². The summed E-state index contributed by atoms with van der Waals surface area (Å²) in [6.45, 7) is 3.60. The minimum absolute atomic E-state index is 0.0587. The van der Waals surface area contributed by atoms with E-state index in [1.807, 2.05) is 0 Å². The van der Waals surface area contributed by atoms with Crippen LogP contribution in [0.5, 0.6) is 0 Å². The largest absolute Gasteiger partial charge is 0.472 e. The first-order valence-corrected chi connectivity index (χ1v) is 26.5. The highest BCUT2D eigenvalue weighted by Gasteiger charge is 2.26. The third-order valence-electron chi connectivity index (χ3n) is 11.3. The van der Waals surface area contributed by atoms with Gasteiger partial charge in [0.05, 0.1) is 26.4 Å². The lowest BCUT2D eigenvalue weighted by molar-refractivity contribution is -0.154. The second kappa shape index (κ2) is 46.0. The zero-order valence-corrected chi connectivity index (χ0v) is 39.2. The van der Waals surface area contributed by atoms with Gasteiger partial charge in [0.1, 0.15) is 12.2 Å². The number of ether oxygens (including phenoxy) is 2. The van der Waals surface area contributed by atoms with Gasteiger partial charge in [-0.05, 0) is 12.8 Å². The molecule has 0 rings (SSSR count). The van der Waals surface area contributed by atoms with E-state index in [1.165, 1.54) is 205 Å². The maximum atomic E-state index is 12.7. The van der Waals surface area contributed by atoms with Crippen LogP contribution >= 0.6 is 7.82 Å². The van der Waals surface area contributed by atoms with E-state index in [1.54, 1.807) is 0 Å². The fourth-order valence-corrected chi connectivity index (χ4v) is 8.27. The summed E-state index contributed by atoms with van der Waals surface area (Å²) in [5, 5.41) is 18.4. The minimum Gasteiger partial charge on any atom is -0.457 e. The molecule has 0 spiro atoms. The first-order chi connectivity index (χ1) is 28.3. The second-order valence-corrected chi connectivity index (χ2v) is 18.7. The summed E-state index contributed by atoms with van der Waals surface area (Å²) in [4.78, 5) is 22.6. The maximum Gasteiger partial charge on any atom is 0.472 e. The van der Waals surface area contributed by atoms with Crippen LogP contribution in [-0.4, -0.2) is 66.3 Å². The van der Waals surface area contributed by atoms with Crippen LogP contribution in [0.1, 0.15) is 258 Å². The first-order valence-electron chi connectivity index (χ1n) is 25.0. The van der Waals surface area contributed by atoms with E-state index in [9.17, 15) is 19.4 Å². The van der Waals surface area contributed by atoms with E-state index >= 15 is 0 Å². The summed E-state index contributed by atoms with van der Waals surface area (Å²) < 4.78 is 33.5. The summed E-state index contributed by atoms with van der Waals surface area (Å²) in [6, 6.07) is 0. The van der Waals surface area contributed by atoms with Crippen molar-refractivity contribution in [3.05, 3.63) is 0 Å². The Hall–Kier alpha value is -0.540. The lowest BCUT2D eigenvalue weighted by Crippen LogP contribution is -2.29. The van der Waals surface area contributed by atoms with Gasteiger partial charge >= 0.3 is 13.8 Å². The van der Waals surface area contributed by atoms with Crippen LogP contribution in [0.15, 0.2) is 0 Å². The molecule has 348 valence electrons. The molecule has 0 heterocycles. The number of rotatable bonds is 49. The van der Waals surface area contributed by atoms with Gasteiger partial charge in [0.25, 0.3) is 0 Å². The summed E-state index contributed by atoms with van der Waals surface area (Å²) in [5.41, 5.74) is 0. The zero-order chi connectivity index (χ0) is 42.5. The fourth-order valence-electron chi connectivity index (χ4n) is 7.48. The Morgan fingerprint density at radius 3 is 1.12 bits per heavy atom. The number of aliphatic hydroxyl groups excluding tert-OH is 2. The number of hydrogen-bond donors (Lipinski definition) is 3. The highest BCUT2D eigenvalue weighted by Crippen LogP contribution is 2.43. The van der Waals surface area contributed by atoms with Gasteiger partial charge in [-0.2, -0.15) is 0 Å². The van der Waals surface area contributed by atoms with Crippen LogP contribution in [0.4, 0.5) is 0 Å². The first kappa shape index (κ1) is 57.5. The molecule has 0 aromatic carbocycles. The van der Waals surface area contributed by atoms with E-state index in [0.717, 1.165) is 32.1 Å². The molecule has 3 atom stereocenters. The maximum absolute atomic E-state index is 12.7. The average molecular weight is 849 g/mol. The van der Waals surface area contributed by atoms with Crippen LogP contribution in [0.3, 0.4) is 0 Å². The molecule has 0 radical (unpaired) electrons. The average Bonchev–Trinajstić information content (AvgIpc) is 3.21. The standard InChI is InChI=1S/C48H97O9P/c1-3-5-7-9-11-13-15-17-19-21-22-23-24-25-27-29-31-33-35-37-39-41-54-44-47(45-56-58(52,53)55-43-46(50)42-49)57-48(51)40-38-36-34-32-30-28-26-20-18-16-14-12-10-8-6-4-2/h46-47,49-50H,3-45H2,1-2H3,(H,52,53). The molecular formula is C48H97O9P. The van der Waals surface area contributed by atoms with Gasteiger partial charge in [-0.15, -0.1) is 0 Å². The smallest absolute Gasteiger partial charge is 0.457 e. The molecule has 0 saturated heterocycles. The lowest BCUT2D eigenvalue weighted by Gasteiger charge is -2.20. The molecule has 0 aromatic heterocycles. The number of aliphatic hydroxyl groups is 2. The van der Waals surface area contributed by atoms with Gasteiger partial charge in [0.15, 0.2) is 0 Å². The normalized spacial score (nSPS) is 13.8. The van der Waals surface area contributed by atoms with Gasteiger partial charge in [0.2, 0.25) is 0 Å². The Bertz CT molecular complexity index is 876. The number of hydrogen-bond acceptors (Lipinski definition) is 8. The summed E-state index contributed by atoms with van der Waals surface area (Å²) >= 11 is 0.